The van der Waals surface area contributed by atoms with Gasteiger partial charge in [0.05, 0.1) is 12.6 Å². The van der Waals surface area contributed by atoms with Crippen LogP contribution in [0.1, 0.15) is 37.8 Å². The zero-order valence-corrected chi connectivity index (χ0v) is 12.8. The Morgan fingerprint density at radius 2 is 2.10 bits per heavy atom. The van der Waals surface area contributed by atoms with Gasteiger partial charge in [0.15, 0.2) is 0 Å². The number of rotatable bonds is 4. The number of urea groups is 1. The Kier molecular flexibility index (Phi) is 5.59. The normalized spacial score (nSPS) is 20.1. The second kappa shape index (κ2) is 7.43. The van der Waals surface area contributed by atoms with E-state index in [4.69, 9.17) is 0 Å². The Balaban J connectivity index is 1.98. The highest BCUT2D eigenvalue weighted by Gasteiger charge is 2.25. The minimum Gasteiger partial charge on any atom is -0.394 e. The summed E-state index contributed by atoms with van der Waals surface area (Å²) in [6, 6.07) is 7.96. The van der Waals surface area contributed by atoms with Crippen LogP contribution in [-0.4, -0.2) is 42.3 Å². The van der Waals surface area contributed by atoms with Crippen LogP contribution in [0.4, 0.5) is 10.5 Å². The van der Waals surface area contributed by atoms with Gasteiger partial charge in [0, 0.05) is 18.3 Å². The molecule has 1 aliphatic rings. The fourth-order valence-corrected chi connectivity index (χ4v) is 2.67. The number of aliphatic hydroxyl groups excluding tert-OH is 1. The molecule has 1 heterocycles. The lowest BCUT2D eigenvalue weighted by atomic mass is 10.0. The molecule has 0 bridgehead atoms. The van der Waals surface area contributed by atoms with Crippen molar-refractivity contribution in [3.63, 3.8) is 0 Å². The SMILES string of the molecule is CNC(C)c1ccc(NC(=O)N2CCCCC2CO)cc1. The lowest BCUT2D eigenvalue weighted by Gasteiger charge is -2.34. The van der Waals surface area contributed by atoms with Crippen LogP contribution in [0.15, 0.2) is 24.3 Å². The molecule has 0 radical (unpaired) electrons. The number of piperidine rings is 1. The summed E-state index contributed by atoms with van der Waals surface area (Å²) >= 11 is 0. The van der Waals surface area contributed by atoms with E-state index in [0.717, 1.165) is 24.9 Å². The van der Waals surface area contributed by atoms with E-state index in [-0.39, 0.29) is 24.7 Å². The molecule has 0 aromatic heterocycles. The van der Waals surface area contributed by atoms with Crippen molar-refractivity contribution in [2.75, 3.05) is 25.5 Å². The second-order valence-electron chi connectivity index (χ2n) is 5.59. The predicted molar refractivity (Wildman–Crippen MR) is 84.4 cm³/mol. The summed E-state index contributed by atoms with van der Waals surface area (Å²) in [6.45, 7) is 2.84. The average molecular weight is 291 g/mol. The highest BCUT2D eigenvalue weighted by atomic mass is 16.3. The largest absolute Gasteiger partial charge is 0.394 e. The van der Waals surface area contributed by atoms with Crippen molar-refractivity contribution in [1.82, 2.24) is 10.2 Å². The van der Waals surface area contributed by atoms with E-state index in [0.29, 0.717) is 6.54 Å². The van der Waals surface area contributed by atoms with Crippen molar-refractivity contribution in [2.45, 2.75) is 38.3 Å². The number of nitrogens with zero attached hydrogens (tertiary/aromatic N) is 1. The summed E-state index contributed by atoms with van der Waals surface area (Å²) in [4.78, 5) is 14.0. The first-order chi connectivity index (χ1) is 10.2. The average Bonchev–Trinajstić information content (AvgIpc) is 2.54. The molecule has 2 atom stereocenters. The van der Waals surface area contributed by atoms with Gasteiger partial charge in [0.25, 0.3) is 0 Å². The highest BCUT2D eigenvalue weighted by Crippen LogP contribution is 2.19. The number of nitrogens with one attached hydrogen (secondary N) is 2. The molecule has 5 heteroatoms. The van der Waals surface area contributed by atoms with Gasteiger partial charge in [-0.3, -0.25) is 0 Å². The third-order valence-corrected chi connectivity index (χ3v) is 4.19. The first-order valence-electron chi connectivity index (χ1n) is 7.61. The van der Waals surface area contributed by atoms with Gasteiger partial charge < -0.3 is 20.6 Å². The van der Waals surface area contributed by atoms with Crippen molar-refractivity contribution in [2.24, 2.45) is 0 Å². The molecule has 116 valence electrons. The summed E-state index contributed by atoms with van der Waals surface area (Å²) in [5.41, 5.74) is 1.97. The fraction of sp³-hybridized carbons (Fsp3) is 0.562. The van der Waals surface area contributed by atoms with Crippen LogP contribution in [0.25, 0.3) is 0 Å². The Labute approximate surface area is 126 Å². The molecule has 1 aromatic carbocycles. The van der Waals surface area contributed by atoms with Crippen LogP contribution in [-0.2, 0) is 0 Å². The van der Waals surface area contributed by atoms with Crippen molar-refractivity contribution in [1.29, 1.82) is 0 Å². The van der Waals surface area contributed by atoms with E-state index in [1.54, 1.807) is 4.90 Å². The molecule has 2 amide bonds. The molecule has 1 aliphatic heterocycles. The maximum absolute atomic E-state index is 12.3. The number of carbonyl (C=O) groups excluding carboxylic acids is 1. The molecule has 21 heavy (non-hydrogen) atoms. The van der Waals surface area contributed by atoms with E-state index < -0.39 is 0 Å². The molecule has 1 aromatic rings. The van der Waals surface area contributed by atoms with Crippen LogP contribution in [0.5, 0.6) is 0 Å². The summed E-state index contributed by atoms with van der Waals surface area (Å²) in [6.07, 6.45) is 2.96. The van der Waals surface area contributed by atoms with Crippen molar-refractivity contribution in [3.05, 3.63) is 29.8 Å². The van der Waals surface area contributed by atoms with Gasteiger partial charge in [0.2, 0.25) is 0 Å². The van der Waals surface area contributed by atoms with Crippen LogP contribution in [0.2, 0.25) is 0 Å². The summed E-state index contributed by atoms with van der Waals surface area (Å²) in [7, 11) is 1.92. The third-order valence-electron chi connectivity index (χ3n) is 4.19. The Bertz CT molecular complexity index is 461. The highest BCUT2D eigenvalue weighted by molar-refractivity contribution is 5.89. The fourth-order valence-electron chi connectivity index (χ4n) is 2.67. The first-order valence-corrected chi connectivity index (χ1v) is 7.61. The predicted octanol–water partition coefficient (Wildman–Crippen LogP) is 2.35. The molecular formula is C16H25N3O2. The quantitative estimate of drug-likeness (QED) is 0.798. The van der Waals surface area contributed by atoms with Crippen LogP contribution in [0, 0.1) is 0 Å². The van der Waals surface area contributed by atoms with Crippen LogP contribution < -0.4 is 10.6 Å². The minimum absolute atomic E-state index is 0.0338. The molecule has 1 fully saturated rings. The lowest BCUT2D eigenvalue weighted by Crippen LogP contribution is -2.47. The van der Waals surface area contributed by atoms with E-state index >= 15 is 0 Å². The number of carbonyl (C=O) groups is 1. The van der Waals surface area contributed by atoms with Gasteiger partial charge in [0.1, 0.15) is 0 Å². The summed E-state index contributed by atoms with van der Waals surface area (Å²) < 4.78 is 0. The molecule has 0 saturated carbocycles. The summed E-state index contributed by atoms with van der Waals surface area (Å²) in [5.74, 6) is 0. The van der Waals surface area contributed by atoms with Gasteiger partial charge >= 0.3 is 6.03 Å². The minimum atomic E-state index is -0.122. The lowest BCUT2D eigenvalue weighted by molar-refractivity contribution is 0.115. The zero-order chi connectivity index (χ0) is 15.2. The van der Waals surface area contributed by atoms with Crippen LogP contribution in [0.3, 0.4) is 0 Å². The molecule has 5 nitrogen and oxygen atoms in total. The van der Waals surface area contributed by atoms with Gasteiger partial charge in [-0.1, -0.05) is 12.1 Å². The number of likely N-dealkylation sites (tertiary alicyclic amines) is 1. The Hall–Kier alpha value is -1.59. The zero-order valence-electron chi connectivity index (χ0n) is 12.8. The van der Waals surface area contributed by atoms with Gasteiger partial charge in [-0.15, -0.1) is 0 Å². The van der Waals surface area contributed by atoms with Crippen molar-refractivity contribution in [3.8, 4) is 0 Å². The maximum Gasteiger partial charge on any atom is 0.322 e. The molecule has 0 spiro atoms. The first kappa shape index (κ1) is 15.8. The number of amides is 2. The number of benzene rings is 1. The molecule has 2 unspecified atom stereocenters. The number of hydrogen-bond acceptors (Lipinski definition) is 3. The van der Waals surface area contributed by atoms with Crippen molar-refractivity contribution >= 4 is 11.7 Å². The maximum atomic E-state index is 12.3. The molecule has 1 saturated heterocycles. The summed E-state index contributed by atoms with van der Waals surface area (Å²) in [5, 5.41) is 15.5. The second-order valence-corrected chi connectivity index (χ2v) is 5.59. The number of hydrogen-bond donors (Lipinski definition) is 3. The molecular weight excluding hydrogens is 266 g/mol. The number of aliphatic hydroxyl groups is 1. The van der Waals surface area contributed by atoms with Gasteiger partial charge in [-0.05, 0) is 50.9 Å². The third kappa shape index (κ3) is 3.95. The smallest absolute Gasteiger partial charge is 0.322 e. The Morgan fingerprint density at radius 1 is 1.38 bits per heavy atom. The van der Waals surface area contributed by atoms with Crippen molar-refractivity contribution < 1.29 is 9.90 Å². The molecule has 2 rings (SSSR count). The topological polar surface area (TPSA) is 64.6 Å². The van der Waals surface area contributed by atoms with Gasteiger partial charge in [-0.25, -0.2) is 4.79 Å². The molecule has 0 aliphatic carbocycles. The molecule has 3 N–H and O–H groups in total. The van der Waals surface area contributed by atoms with Gasteiger partial charge in [-0.2, -0.15) is 0 Å². The van der Waals surface area contributed by atoms with E-state index in [2.05, 4.69) is 17.6 Å². The number of anilines is 1. The van der Waals surface area contributed by atoms with E-state index in [1.165, 1.54) is 5.56 Å². The monoisotopic (exact) mass is 291 g/mol. The van der Waals surface area contributed by atoms with Crippen LogP contribution >= 0.6 is 0 Å². The Morgan fingerprint density at radius 3 is 2.71 bits per heavy atom. The van der Waals surface area contributed by atoms with E-state index in [9.17, 15) is 9.90 Å². The standard InChI is InChI=1S/C16H25N3O2/c1-12(17-2)13-6-8-14(9-7-13)18-16(21)19-10-4-3-5-15(19)11-20/h6-9,12,15,17,20H,3-5,10-11H2,1-2H3,(H,18,21). The van der Waals surface area contributed by atoms with E-state index in [1.807, 2.05) is 31.3 Å².